The summed E-state index contributed by atoms with van der Waals surface area (Å²) in [7, 11) is 0. The predicted molar refractivity (Wildman–Crippen MR) is 85.5 cm³/mol. The van der Waals surface area contributed by atoms with Crippen LogP contribution in [0.4, 0.5) is 18.0 Å². The van der Waals surface area contributed by atoms with Crippen molar-refractivity contribution in [3.05, 3.63) is 34.3 Å². The Labute approximate surface area is 151 Å². The maximum atomic E-state index is 12.8. The Hall–Kier alpha value is -2.29. The highest BCUT2D eigenvalue weighted by molar-refractivity contribution is 6.31. The van der Waals surface area contributed by atoms with Crippen LogP contribution in [0.15, 0.2) is 18.2 Å². The molecule has 1 heterocycles. The molecular weight excluding hydrogens is 375 g/mol. The van der Waals surface area contributed by atoms with Crippen molar-refractivity contribution < 1.29 is 27.6 Å². The van der Waals surface area contributed by atoms with E-state index in [1.165, 1.54) is 0 Å². The van der Waals surface area contributed by atoms with Crippen LogP contribution in [-0.4, -0.2) is 29.9 Å². The molecule has 2 aliphatic rings. The molecule has 1 aromatic rings. The number of hydrogen-bond donors (Lipinski definition) is 3. The number of alkyl halides is 3. The van der Waals surface area contributed by atoms with E-state index < -0.39 is 35.1 Å². The van der Waals surface area contributed by atoms with Gasteiger partial charge in [-0.3, -0.25) is 14.9 Å². The minimum absolute atomic E-state index is 0.0421. The fraction of sp³-hybridized carbons (Fsp3) is 0.438. The summed E-state index contributed by atoms with van der Waals surface area (Å²) < 4.78 is 38.5. The highest BCUT2D eigenvalue weighted by Gasteiger charge is 2.54. The lowest BCUT2D eigenvalue weighted by molar-refractivity contribution is -0.137. The summed E-state index contributed by atoms with van der Waals surface area (Å²) in [5.41, 5.74) is -2.32. The van der Waals surface area contributed by atoms with Gasteiger partial charge in [-0.05, 0) is 31.0 Å². The molecule has 3 rings (SSSR count). The van der Waals surface area contributed by atoms with Crippen LogP contribution in [0.3, 0.4) is 0 Å². The molecule has 2 fully saturated rings. The van der Waals surface area contributed by atoms with E-state index in [0.717, 1.165) is 18.2 Å². The maximum absolute atomic E-state index is 12.8. The Morgan fingerprint density at radius 2 is 2.04 bits per heavy atom. The highest BCUT2D eigenvalue weighted by atomic mass is 35.5. The Morgan fingerprint density at radius 3 is 2.65 bits per heavy atom. The first-order chi connectivity index (χ1) is 12.1. The van der Waals surface area contributed by atoms with Crippen molar-refractivity contribution in [1.82, 2.24) is 16.0 Å². The monoisotopic (exact) mass is 389 g/mol. The van der Waals surface area contributed by atoms with Gasteiger partial charge in [0.1, 0.15) is 5.54 Å². The fourth-order valence-electron chi connectivity index (χ4n) is 3.53. The minimum Gasteiger partial charge on any atom is -0.352 e. The van der Waals surface area contributed by atoms with E-state index in [4.69, 9.17) is 11.6 Å². The third-order valence-electron chi connectivity index (χ3n) is 4.79. The van der Waals surface area contributed by atoms with Crippen LogP contribution in [0.25, 0.3) is 0 Å². The number of imide groups is 1. The lowest BCUT2D eigenvalue weighted by Gasteiger charge is -2.28. The van der Waals surface area contributed by atoms with E-state index >= 15 is 0 Å². The van der Waals surface area contributed by atoms with E-state index in [1.54, 1.807) is 0 Å². The zero-order valence-corrected chi connectivity index (χ0v) is 14.1. The molecule has 4 amide bonds. The Kier molecular flexibility index (Phi) is 4.60. The zero-order valence-electron chi connectivity index (χ0n) is 13.4. The SMILES string of the molecule is O=C1NC(=O)C2(CCCC2CNC(=O)c2cc(Cl)cc(C(F)(F)F)c2)N1. The van der Waals surface area contributed by atoms with Crippen molar-refractivity contribution in [1.29, 1.82) is 0 Å². The average molecular weight is 390 g/mol. The first kappa shape index (κ1) is 18.5. The van der Waals surface area contributed by atoms with Crippen molar-refractivity contribution in [2.75, 3.05) is 6.54 Å². The van der Waals surface area contributed by atoms with Gasteiger partial charge in [0.15, 0.2) is 0 Å². The number of rotatable bonds is 3. The summed E-state index contributed by atoms with van der Waals surface area (Å²) in [5, 5.41) is 7.13. The lowest BCUT2D eigenvalue weighted by atomic mass is 9.87. The molecule has 1 aliphatic heterocycles. The van der Waals surface area contributed by atoms with Gasteiger partial charge in [-0.1, -0.05) is 18.0 Å². The molecule has 1 spiro atoms. The number of carbonyl (C=O) groups excluding carboxylic acids is 3. The van der Waals surface area contributed by atoms with Crippen LogP contribution < -0.4 is 16.0 Å². The van der Waals surface area contributed by atoms with E-state index in [-0.39, 0.29) is 23.0 Å². The molecule has 1 saturated heterocycles. The third-order valence-corrected chi connectivity index (χ3v) is 5.00. The quantitative estimate of drug-likeness (QED) is 0.694. The molecule has 0 aromatic heterocycles. The number of nitrogens with one attached hydrogen (secondary N) is 3. The first-order valence-corrected chi connectivity index (χ1v) is 8.29. The molecule has 140 valence electrons. The molecular formula is C16H15ClF3N3O3. The van der Waals surface area contributed by atoms with Gasteiger partial charge >= 0.3 is 12.2 Å². The van der Waals surface area contributed by atoms with Crippen LogP contribution in [0.1, 0.15) is 35.2 Å². The van der Waals surface area contributed by atoms with Gasteiger partial charge in [-0.15, -0.1) is 0 Å². The van der Waals surface area contributed by atoms with Crippen molar-refractivity contribution in [3.63, 3.8) is 0 Å². The molecule has 6 nitrogen and oxygen atoms in total. The fourth-order valence-corrected chi connectivity index (χ4v) is 3.76. The molecule has 3 N–H and O–H groups in total. The van der Waals surface area contributed by atoms with Crippen molar-refractivity contribution in [2.24, 2.45) is 5.92 Å². The van der Waals surface area contributed by atoms with Gasteiger partial charge in [0, 0.05) is 23.0 Å². The summed E-state index contributed by atoms with van der Waals surface area (Å²) in [4.78, 5) is 35.8. The average Bonchev–Trinajstić information content (AvgIpc) is 3.07. The van der Waals surface area contributed by atoms with Crippen LogP contribution in [0.5, 0.6) is 0 Å². The van der Waals surface area contributed by atoms with Crippen molar-refractivity contribution in [3.8, 4) is 0 Å². The number of hydrogen-bond acceptors (Lipinski definition) is 3. The van der Waals surface area contributed by atoms with E-state index in [9.17, 15) is 27.6 Å². The van der Waals surface area contributed by atoms with Crippen LogP contribution in [0, 0.1) is 5.92 Å². The van der Waals surface area contributed by atoms with Gasteiger partial charge in [0.25, 0.3) is 11.8 Å². The highest BCUT2D eigenvalue weighted by Crippen LogP contribution is 2.37. The first-order valence-electron chi connectivity index (χ1n) is 7.91. The topological polar surface area (TPSA) is 87.3 Å². The normalized spacial score (nSPS) is 25.3. The molecule has 2 atom stereocenters. The zero-order chi connectivity index (χ0) is 19.1. The van der Waals surface area contributed by atoms with Crippen LogP contribution >= 0.6 is 11.6 Å². The summed E-state index contributed by atoms with van der Waals surface area (Å²) >= 11 is 5.68. The Bertz CT molecular complexity index is 784. The number of carbonyl (C=O) groups is 3. The Morgan fingerprint density at radius 1 is 1.31 bits per heavy atom. The molecule has 2 unspecified atom stereocenters. The second kappa shape index (κ2) is 6.46. The molecule has 0 radical (unpaired) electrons. The number of benzene rings is 1. The standard InChI is InChI=1S/C16H15ClF3N3O3/c17-11-5-8(4-10(6-11)16(18,19)20)12(24)21-7-9-2-1-3-15(9)13(25)22-14(26)23-15/h4-6,9H,1-3,7H2,(H,21,24)(H2,22,23,25,26). The summed E-state index contributed by atoms with van der Waals surface area (Å²) in [6, 6.07) is 2.01. The second-order valence-corrected chi connectivity index (χ2v) is 6.84. The van der Waals surface area contributed by atoms with Gasteiger partial charge in [-0.2, -0.15) is 13.2 Å². The molecule has 1 aromatic carbocycles. The van der Waals surface area contributed by atoms with Crippen LogP contribution in [0.2, 0.25) is 5.02 Å². The van der Waals surface area contributed by atoms with Gasteiger partial charge in [0.05, 0.1) is 5.56 Å². The summed E-state index contributed by atoms with van der Waals surface area (Å²) in [6.07, 6.45) is -2.90. The molecule has 26 heavy (non-hydrogen) atoms. The van der Waals surface area contributed by atoms with Crippen molar-refractivity contribution in [2.45, 2.75) is 31.0 Å². The predicted octanol–water partition coefficient (Wildman–Crippen LogP) is 2.47. The smallest absolute Gasteiger partial charge is 0.352 e. The van der Waals surface area contributed by atoms with Gasteiger partial charge in [0.2, 0.25) is 0 Å². The van der Waals surface area contributed by atoms with Gasteiger partial charge < -0.3 is 10.6 Å². The molecule has 1 saturated carbocycles. The van der Waals surface area contributed by atoms with Gasteiger partial charge in [-0.25, -0.2) is 4.79 Å². The molecule has 10 heteroatoms. The summed E-state index contributed by atoms with van der Waals surface area (Å²) in [6.45, 7) is 0.0421. The minimum atomic E-state index is -4.62. The second-order valence-electron chi connectivity index (χ2n) is 6.41. The number of amides is 4. The number of urea groups is 1. The lowest BCUT2D eigenvalue weighted by Crippen LogP contribution is -2.53. The van der Waals surface area contributed by atoms with Crippen molar-refractivity contribution >= 4 is 29.4 Å². The maximum Gasteiger partial charge on any atom is 0.416 e. The third kappa shape index (κ3) is 3.35. The summed E-state index contributed by atoms with van der Waals surface area (Å²) in [5.74, 6) is -1.52. The van der Waals surface area contributed by atoms with E-state index in [2.05, 4.69) is 16.0 Å². The number of halogens is 4. The molecule has 1 aliphatic carbocycles. The Balaban J connectivity index is 1.72. The van der Waals surface area contributed by atoms with Crippen LogP contribution in [-0.2, 0) is 11.0 Å². The molecule has 0 bridgehead atoms. The largest absolute Gasteiger partial charge is 0.416 e. The van der Waals surface area contributed by atoms with E-state index in [0.29, 0.717) is 19.3 Å². The van der Waals surface area contributed by atoms with E-state index in [1.807, 2.05) is 0 Å².